The summed E-state index contributed by atoms with van der Waals surface area (Å²) in [6, 6.07) is 16.3. The van der Waals surface area contributed by atoms with Crippen LogP contribution in [-0.2, 0) is 15.0 Å². The van der Waals surface area contributed by atoms with Crippen LogP contribution in [0.4, 0.5) is 0 Å². The van der Waals surface area contributed by atoms with E-state index in [1.807, 2.05) is 37.3 Å². The van der Waals surface area contributed by atoms with Crippen LogP contribution < -0.4 is 0 Å². The summed E-state index contributed by atoms with van der Waals surface area (Å²) in [4.78, 5) is 0.574. The Balaban J connectivity index is 2.56. The normalized spacial score (nSPS) is 16.5. The van der Waals surface area contributed by atoms with Crippen LogP contribution >= 0.6 is 11.6 Å². The molecule has 22 heavy (non-hydrogen) atoms. The largest absolute Gasteiger partial charge is 0.386 e. The number of hydrogen-bond acceptors (Lipinski definition) is 2. The van der Waals surface area contributed by atoms with E-state index in [9.17, 15) is 9.32 Å². The van der Waals surface area contributed by atoms with E-state index in [2.05, 4.69) is 6.58 Å². The Morgan fingerprint density at radius 2 is 1.73 bits per heavy atom. The number of hydrogen-bond donors (Lipinski definition) is 1. The van der Waals surface area contributed by atoms with E-state index < -0.39 is 21.1 Å². The highest BCUT2D eigenvalue weighted by Crippen LogP contribution is 2.41. The SMILES string of the molecule is C=C(C)C(O)C(Cl)(c1ccccc1)S(=O)c1ccc(C)cc1. The molecule has 0 spiro atoms. The molecule has 0 radical (unpaired) electrons. The fourth-order valence-electron chi connectivity index (χ4n) is 2.18. The van der Waals surface area contributed by atoms with Crippen molar-refractivity contribution in [2.45, 2.75) is 29.1 Å². The molecule has 0 aliphatic carbocycles. The van der Waals surface area contributed by atoms with Crippen molar-refractivity contribution in [3.63, 3.8) is 0 Å². The van der Waals surface area contributed by atoms with Gasteiger partial charge in [-0.1, -0.05) is 66.2 Å². The molecule has 0 amide bonds. The molecule has 4 heteroatoms. The second-order valence-corrected chi connectivity index (χ2v) is 7.81. The highest BCUT2D eigenvalue weighted by molar-refractivity contribution is 7.87. The van der Waals surface area contributed by atoms with Gasteiger partial charge >= 0.3 is 0 Å². The molecule has 0 fully saturated rings. The Hall–Kier alpha value is -1.42. The van der Waals surface area contributed by atoms with E-state index >= 15 is 0 Å². The van der Waals surface area contributed by atoms with Gasteiger partial charge in [0.05, 0.1) is 10.8 Å². The van der Waals surface area contributed by atoms with Gasteiger partial charge in [-0.25, -0.2) is 0 Å². The Morgan fingerprint density at radius 1 is 1.18 bits per heavy atom. The number of aryl methyl sites for hydroxylation is 1. The van der Waals surface area contributed by atoms with Gasteiger partial charge in [-0.05, 0) is 37.1 Å². The lowest BCUT2D eigenvalue weighted by Crippen LogP contribution is -2.39. The lowest BCUT2D eigenvalue weighted by Gasteiger charge is -2.32. The first kappa shape index (κ1) is 16.9. The number of alkyl halides is 1. The van der Waals surface area contributed by atoms with Crippen molar-refractivity contribution < 1.29 is 9.32 Å². The van der Waals surface area contributed by atoms with Crippen molar-refractivity contribution in [3.05, 3.63) is 77.9 Å². The third kappa shape index (κ3) is 3.17. The number of rotatable bonds is 5. The van der Waals surface area contributed by atoms with Crippen LogP contribution in [0.25, 0.3) is 0 Å². The van der Waals surface area contributed by atoms with Crippen molar-refractivity contribution in [2.75, 3.05) is 0 Å². The van der Waals surface area contributed by atoms with Crippen LogP contribution in [0, 0.1) is 6.92 Å². The summed E-state index contributed by atoms with van der Waals surface area (Å²) in [6.07, 6.45) is -1.13. The second kappa shape index (κ2) is 6.78. The van der Waals surface area contributed by atoms with E-state index in [0.717, 1.165) is 5.56 Å². The number of aliphatic hydroxyl groups excluding tert-OH is 1. The Bertz CT molecular complexity index is 682. The van der Waals surface area contributed by atoms with Gasteiger partial charge < -0.3 is 5.11 Å². The smallest absolute Gasteiger partial charge is 0.178 e. The summed E-state index contributed by atoms with van der Waals surface area (Å²) in [5.74, 6) is 0. The summed E-state index contributed by atoms with van der Waals surface area (Å²) in [5, 5.41) is 10.6. The lowest BCUT2D eigenvalue weighted by atomic mass is 10.0. The van der Waals surface area contributed by atoms with E-state index in [1.54, 1.807) is 31.2 Å². The van der Waals surface area contributed by atoms with Crippen LogP contribution in [0.1, 0.15) is 18.1 Å². The van der Waals surface area contributed by atoms with E-state index in [1.165, 1.54) is 0 Å². The zero-order valence-corrected chi connectivity index (χ0v) is 14.2. The first-order chi connectivity index (χ1) is 10.4. The molecule has 0 aliphatic rings. The monoisotopic (exact) mass is 334 g/mol. The van der Waals surface area contributed by atoms with Crippen molar-refractivity contribution in [2.24, 2.45) is 0 Å². The van der Waals surface area contributed by atoms with Crippen molar-refractivity contribution >= 4 is 22.4 Å². The molecule has 116 valence electrons. The Kier molecular flexibility index (Phi) is 5.22. The molecule has 0 bridgehead atoms. The fourth-order valence-corrected chi connectivity index (χ4v) is 4.24. The van der Waals surface area contributed by atoms with Crippen LogP contribution in [0.2, 0.25) is 0 Å². The van der Waals surface area contributed by atoms with Gasteiger partial charge in [0, 0.05) is 4.90 Å². The van der Waals surface area contributed by atoms with Gasteiger partial charge in [-0.3, -0.25) is 4.21 Å². The molecule has 0 aliphatic heterocycles. The number of halogens is 1. The Morgan fingerprint density at radius 3 is 2.23 bits per heavy atom. The van der Waals surface area contributed by atoms with Crippen molar-refractivity contribution in [1.29, 1.82) is 0 Å². The minimum absolute atomic E-state index is 0.472. The third-order valence-corrected chi connectivity index (χ3v) is 6.04. The van der Waals surface area contributed by atoms with Gasteiger partial charge in [-0.2, -0.15) is 0 Å². The first-order valence-corrected chi connectivity index (χ1v) is 8.46. The Labute approximate surface area is 138 Å². The summed E-state index contributed by atoms with van der Waals surface area (Å²) in [6.45, 7) is 7.40. The van der Waals surface area contributed by atoms with Gasteiger partial charge in [-0.15, -0.1) is 0 Å². The zero-order chi connectivity index (χ0) is 16.3. The number of benzene rings is 2. The van der Waals surface area contributed by atoms with Gasteiger partial charge in [0.25, 0.3) is 0 Å². The van der Waals surface area contributed by atoms with Crippen molar-refractivity contribution in [1.82, 2.24) is 0 Å². The molecular formula is C18H19ClO2S. The minimum Gasteiger partial charge on any atom is -0.386 e. The van der Waals surface area contributed by atoms with E-state index in [4.69, 9.17) is 11.6 Å². The number of aliphatic hydroxyl groups is 1. The minimum atomic E-state index is -1.64. The zero-order valence-electron chi connectivity index (χ0n) is 12.6. The van der Waals surface area contributed by atoms with Crippen LogP contribution in [-0.4, -0.2) is 15.4 Å². The topological polar surface area (TPSA) is 37.3 Å². The van der Waals surface area contributed by atoms with Gasteiger partial charge in [0.1, 0.15) is 6.10 Å². The molecule has 3 atom stereocenters. The maximum atomic E-state index is 13.1. The van der Waals surface area contributed by atoms with Crippen LogP contribution in [0.5, 0.6) is 0 Å². The molecule has 3 unspecified atom stereocenters. The molecular weight excluding hydrogens is 316 g/mol. The summed E-state index contributed by atoms with van der Waals surface area (Å²) < 4.78 is 11.6. The average molecular weight is 335 g/mol. The highest BCUT2D eigenvalue weighted by atomic mass is 35.5. The maximum absolute atomic E-state index is 13.1. The molecule has 2 aromatic carbocycles. The predicted molar refractivity (Wildman–Crippen MR) is 92.4 cm³/mol. The third-order valence-electron chi connectivity index (χ3n) is 3.49. The molecule has 2 rings (SSSR count). The van der Waals surface area contributed by atoms with Gasteiger partial charge in [0.2, 0.25) is 0 Å². The summed E-state index contributed by atoms with van der Waals surface area (Å²) in [7, 11) is -1.64. The fraction of sp³-hybridized carbons (Fsp3) is 0.222. The maximum Gasteiger partial charge on any atom is 0.178 e. The molecule has 0 saturated heterocycles. The molecule has 0 heterocycles. The molecule has 0 aromatic heterocycles. The molecule has 1 N–H and O–H groups in total. The predicted octanol–water partition coefficient (Wildman–Crippen LogP) is 4.13. The first-order valence-electron chi connectivity index (χ1n) is 6.94. The van der Waals surface area contributed by atoms with Crippen LogP contribution in [0.15, 0.2) is 71.6 Å². The highest BCUT2D eigenvalue weighted by Gasteiger charge is 2.45. The lowest BCUT2D eigenvalue weighted by molar-refractivity contribution is 0.192. The summed E-state index contributed by atoms with van der Waals surface area (Å²) >= 11 is 6.72. The van der Waals surface area contributed by atoms with Crippen molar-refractivity contribution in [3.8, 4) is 0 Å². The quantitative estimate of drug-likeness (QED) is 0.659. The molecule has 2 nitrogen and oxygen atoms in total. The van der Waals surface area contributed by atoms with Gasteiger partial charge in [0.15, 0.2) is 4.21 Å². The van der Waals surface area contributed by atoms with E-state index in [0.29, 0.717) is 16.0 Å². The molecule has 2 aromatic rings. The summed E-state index contributed by atoms with van der Waals surface area (Å²) in [5.41, 5.74) is 2.14. The van der Waals surface area contributed by atoms with E-state index in [-0.39, 0.29) is 0 Å². The molecule has 0 saturated carbocycles. The second-order valence-electron chi connectivity index (χ2n) is 5.34. The average Bonchev–Trinajstić information content (AvgIpc) is 2.54. The van der Waals surface area contributed by atoms with Crippen LogP contribution in [0.3, 0.4) is 0 Å². The standard InChI is InChI=1S/C18H19ClO2S/c1-13(2)17(20)18(19,15-7-5-4-6-8-15)22(21)16-11-9-14(3)10-12-16/h4-12,17,20H,1H2,2-3H3.